The lowest BCUT2D eigenvalue weighted by Crippen LogP contribution is -2.50. The molecule has 0 aliphatic heterocycles. The Balaban J connectivity index is 2.01. The fourth-order valence-electron chi connectivity index (χ4n) is 3.65. The Morgan fingerprint density at radius 2 is 1.63 bits per heavy atom. The zero-order valence-corrected chi connectivity index (χ0v) is 21.4. The highest BCUT2D eigenvalue weighted by Gasteiger charge is 2.32. The third kappa shape index (κ3) is 6.41. The third-order valence-electron chi connectivity index (χ3n) is 5.57. The lowest BCUT2D eigenvalue weighted by Gasteiger charge is -2.31. The number of benzene rings is 3. The van der Waals surface area contributed by atoms with Gasteiger partial charge in [-0.15, -0.1) is 0 Å². The quantitative estimate of drug-likeness (QED) is 0.468. The van der Waals surface area contributed by atoms with Crippen molar-refractivity contribution in [1.82, 2.24) is 10.2 Å². The standard InChI is InChI=1S/C26H28ClN3O4S/c1-19-8-7-9-21(16-19)17-29(20(2)26(32)28-3)25(31)18-30(23-14-12-22(27)13-15-23)35(33,34)24-10-5-4-6-11-24/h4-16,20H,17-18H2,1-3H3,(H,28,32)/t20-/m0/s1. The summed E-state index contributed by atoms with van der Waals surface area (Å²) >= 11 is 6.01. The molecule has 1 atom stereocenters. The molecule has 0 radical (unpaired) electrons. The van der Waals surface area contributed by atoms with Crippen molar-refractivity contribution in [2.45, 2.75) is 31.3 Å². The maximum atomic E-state index is 13.6. The topological polar surface area (TPSA) is 86.8 Å². The molecule has 0 aliphatic carbocycles. The fourth-order valence-corrected chi connectivity index (χ4v) is 5.22. The minimum absolute atomic E-state index is 0.0485. The SMILES string of the molecule is CNC(=O)[C@H](C)N(Cc1cccc(C)c1)C(=O)CN(c1ccc(Cl)cc1)S(=O)(=O)c1ccccc1. The normalized spacial score (nSPS) is 12.0. The first-order valence-electron chi connectivity index (χ1n) is 11.0. The molecule has 0 spiro atoms. The zero-order valence-electron chi connectivity index (χ0n) is 19.8. The number of sulfonamides is 1. The Morgan fingerprint density at radius 1 is 0.971 bits per heavy atom. The van der Waals surface area contributed by atoms with Crippen molar-refractivity contribution in [2.75, 3.05) is 17.9 Å². The van der Waals surface area contributed by atoms with Crippen LogP contribution in [0.25, 0.3) is 0 Å². The number of hydrogen-bond donors (Lipinski definition) is 1. The van der Waals surface area contributed by atoms with Crippen molar-refractivity contribution in [3.05, 3.63) is 95.0 Å². The number of likely N-dealkylation sites (N-methyl/N-ethyl adjacent to an activating group) is 1. The largest absolute Gasteiger partial charge is 0.357 e. The molecule has 3 aromatic carbocycles. The van der Waals surface area contributed by atoms with Gasteiger partial charge in [0, 0.05) is 18.6 Å². The molecule has 1 N–H and O–H groups in total. The van der Waals surface area contributed by atoms with E-state index >= 15 is 0 Å². The van der Waals surface area contributed by atoms with E-state index in [0.29, 0.717) is 5.02 Å². The molecule has 0 heterocycles. The van der Waals surface area contributed by atoms with E-state index < -0.39 is 28.5 Å². The number of carbonyl (C=O) groups is 2. The maximum absolute atomic E-state index is 13.6. The molecule has 7 nitrogen and oxygen atoms in total. The Morgan fingerprint density at radius 3 is 2.23 bits per heavy atom. The monoisotopic (exact) mass is 513 g/mol. The van der Waals surface area contributed by atoms with Crippen molar-refractivity contribution >= 4 is 39.1 Å². The van der Waals surface area contributed by atoms with Gasteiger partial charge in [-0.1, -0.05) is 59.6 Å². The summed E-state index contributed by atoms with van der Waals surface area (Å²) in [4.78, 5) is 27.5. The van der Waals surface area contributed by atoms with Gasteiger partial charge in [0.2, 0.25) is 11.8 Å². The molecule has 35 heavy (non-hydrogen) atoms. The van der Waals surface area contributed by atoms with E-state index in [-0.39, 0.29) is 23.0 Å². The highest BCUT2D eigenvalue weighted by molar-refractivity contribution is 7.92. The van der Waals surface area contributed by atoms with Crippen LogP contribution in [-0.2, 0) is 26.2 Å². The molecule has 0 saturated heterocycles. The molecular weight excluding hydrogens is 486 g/mol. The van der Waals surface area contributed by atoms with Gasteiger partial charge in [-0.05, 0) is 55.8 Å². The van der Waals surface area contributed by atoms with Gasteiger partial charge in [-0.3, -0.25) is 13.9 Å². The summed E-state index contributed by atoms with van der Waals surface area (Å²) in [6, 6.07) is 20.9. The molecule has 0 fully saturated rings. The predicted octanol–water partition coefficient (Wildman–Crippen LogP) is 4.01. The first kappa shape index (κ1) is 26.2. The minimum Gasteiger partial charge on any atom is -0.357 e. The lowest BCUT2D eigenvalue weighted by molar-refractivity contribution is -0.139. The molecule has 0 bridgehead atoms. The maximum Gasteiger partial charge on any atom is 0.264 e. The fraction of sp³-hybridized carbons (Fsp3) is 0.231. The number of aryl methyl sites for hydroxylation is 1. The van der Waals surface area contributed by atoms with E-state index in [1.165, 1.54) is 24.1 Å². The van der Waals surface area contributed by atoms with Crippen LogP contribution < -0.4 is 9.62 Å². The smallest absolute Gasteiger partial charge is 0.264 e. The van der Waals surface area contributed by atoms with Gasteiger partial charge in [0.05, 0.1) is 10.6 Å². The van der Waals surface area contributed by atoms with Gasteiger partial charge in [-0.25, -0.2) is 8.42 Å². The van der Waals surface area contributed by atoms with Crippen molar-refractivity contribution in [2.24, 2.45) is 0 Å². The molecule has 0 aromatic heterocycles. The zero-order chi connectivity index (χ0) is 25.6. The van der Waals surface area contributed by atoms with Crippen molar-refractivity contribution in [3.8, 4) is 0 Å². The molecule has 0 aliphatic rings. The lowest BCUT2D eigenvalue weighted by atomic mass is 10.1. The van der Waals surface area contributed by atoms with Gasteiger partial charge >= 0.3 is 0 Å². The summed E-state index contributed by atoms with van der Waals surface area (Å²) in [7, 11) is -2.59. The summed E-state index contributed by atoms with van der Waals surface area (Å²) in [6.07, 6.45) is 0. The molecule has 9 heteroatoms. The first-order chi connectivity index (χ1) is 16.6. The van der Waals surface area contributed by atoms with Crippen molar-refractivity contribution in [1.29, 1.82) is 0 Å². The second kappa shape index (κ2) is 11.4. The minimum atomic E-state index is -4.08. The van der Waals surface area contributed by atoms with E-state index in [2.05, 4.69) is 5.32 Å². The Labute approximate surface area is 211 Å². The van der Waals surface area contributed by atoms with Crippen LogP contribution in [0, 0.1) is 6.92 Å². The number of nitrogens with zero attached hydrogens (tertiary/aromatic N) is 2. The Hall–Kier alpha value is -3.36. The van der Waals surface area contributed by atoms with Crippen molar-refractivity contribution in [3.63, 3.8) is 0 Å². The number of nitrogens with one attached hydrogen (secondary N) is 1. The summed E-state index contributed by atoms with van der Waals surface area (Å²) < 4.78 is 28.2. The van der Waals surface area contributed by atoms with Gasteiger partial charge in [0.25, 0.3) is 10.0 Å². The summed E-state index contributed by atoms with van der Waals surface area (Å²) in [6.45, 7) is 3.21. The van der Waals surface area contributed by atoms with Crippen LogP contribution in [0.1, 0.15) is 18.1 Å². The van der Waals surface area contributed by atoms with Crippen molar-refractivity contribution < 1.29 is 18.0 Å². The van der Waals surface area contributed by atoms with E-state index in [0.717, 1.165) is 15.4 Å². The Bertz CT molecular complexity index is 1280. The van der Waals surface area contributed by atoms with E-state index in [1.54, 1.807) is 49.4 Å². The van der Waals surface area contributed by atoms with Gasteiger partial charge in [0.1, 0.15) is 12.6 Å². The second-order valence-corrected chi connectivity index (χ2v) is 10.4. The predicted molar refractivity (Wildman–Crippen MR) is 138 cm³/mol. The van der Waals surface area contributed by atoms with E-state index in [4.69, 9.17) is 11.6 Å². The van der Waals surface area contributed by atoms with Crippen LogP contribution >= 0.6 is 11.6 Å². The van der Waals surface area contributed by atoms with Crippen LogP contribution in [-0.4, -0.2) is 44.8 Å². The average Bonchev–Trinajstić information content (AvgIpc) is 2.86. The van der Waals surface area contributed by atoms with Crippen LogP contribution in [0.15, 0.2) is 83.8 Å². The molecule has 3 rings (SSSR count). The van der Waals surface area contributed by atoms with Crippen LogP contribution in [0.3, 0.4) is 0 Å². The molecule has 184 valence electrons. The molecule has 0 saturated carbocycles. The highest BCUT2D eigenvalue weighted by Crippen LogP contribution is 2.26. The molecule has 3 aromatic rings. The van der Waals surface area contributed by atoms with Gasteiger partial charge in [-0.2, -0.15) is 0 Å². The molecule has 2 amide bonds. The van der Waals surface area contributed by atoms with Crippen LogP contribution in [0.5, 0.6) is 0 Å². The van der Waals surface area contributed by atoms with E-state index in [1.807, 2.05) is 31.2 Å². The van der Waals surface area contributed by atoms with Gasteiger partial charge in [0.15, 0.2) is 0 Å². The third-order valence-corrected chi connectivity index (χ3v) is 7.61. The summed E-state index contributed by atoms with van der Waals surface area (Å²) in [5.41, 5.74) is 2.13. The number of carbonyl (C=O) groups excluding carboxylic acids is 2. The van der Waals surface area contributed by atoms with E-state index in [9.17, 15) is 18.0 Å². The second-order valence-electron chi connectivity index (χ2n) is 8.10. The van der Waals surface area contributed by atoms with Gasteiger partial charge < -0.3 is 10.2 Å². The summed E-state index contributed by atoms with van der Waals surface area (Å²) in [5.74, 6) is -0.868. The summed E-state index contributed by atoms with van der Waals surface area (Å²) in [5, 5.41) is 3.00. The number of halogens is 1. The van der Waals surface area contributed by atoms with Crippen LogP contribution in [0.4, 0.5) is 5.69 Å². The first-order valence-corrected chi connectivity index (χ1v) is 12.8. The number of amides is 2. The average molecular weight is 514 g/mol. The highest BCUT2D eigenvalue weighted by atomic mass is 35.5. The van der Waals surface area contributed by atoms with Crippen LogP contribution in [0.2, 0.25) is 5.02 Å². The number of hydrogen-bond acceptors (Lipinski definition) is 4. The Kier molecular flexibility index (Phi) is 8.53. The number of anilines is 1. The molecular formula is C26H28ClN3O4S. The molecule has 0 unspecified atom stereocenters. The number of rotatable bonds is 9.